The molecule has 0 aromatic carbocycles. The zero-order valence-corrected chi connectivity index (χ0v) is 12.0. The minimum Gasteiger partial charge on any atom is -0.376 e. The molecule has 2 rings (SSSR count). The van der Waals surface area contributed by atoms with Gasteiger partial charge in [0.2, 0.25) is 0 Å². The van der Waals surface area contributed by atoms with E-state index in [0.717, 1.165) is 18.8 Å². The molecule has 0 unspecified atom stereocenters. The molecule has 0 saturated heterocycles. The van der Waals surface area contributed by atoms with Crippen LogP contribution >= 0.6 is 11.3 Å². The Bertz CT molecular complexity index is 562. The summed E-state index contributed by atoms with van der Waals surface area (Å²) in [6.45, 7) is 2.15. The second-order valence-electron chi connectivity index (χ2n) is 4.43. The molecule has 102 valence electrons. The van der Waals surface area contributed by atoms with Gasteiger partial charge < -0.3 is 10.2 Å². The fourth-order valence-corrected chi connectivity index (χ4v) is 2.32. The van der Waals surface area contributed by atoms with Gasteiger partial charge in [-0.05, 0) is 11.4 Å². The predicted molar refractivity (Wildman–Crippen MR) is 78.8 cm³/mol. The van der Waals surface area contributed by atoms with Crippen molar-refractivity contribution in [2.75, 3.05) is 25.5 Å². The van der Waals surface area contributed by atoms with Crippen molar-refractivity contribution in [2.24, 2.45) is 0 Å². The molecule has 0 bridgehead atoms. The molecule has 6 heteroatoms. The summed E-state index contributed by atoms with van der Waals surface area (Å²) in [7, 11) is 3.78. The first-order chi connectivity index (χ1) is 9.16. The van der Waals surface area contributed by atoms with Gasteiger partial charge in [0.1, 0.15) is 0 Å². The largest absolute Gasteiger partial charge is 0.376 e. The van der Waals surface area contributed by atoms with E-state index in [2.05, 4.69) is 21.9 Å². The molecule has 0 radical (unpaired) electrons. The van der Waals surface area contributed by atoms with E-state index in [0.29, 0.717) is 6.54 Å². The minimum absolute atomic E-state index is 0.0656. The first-order valence-electron chi connectivity index (χ1n) is 6.14. The average molecular weight is 278 g/mol. The molecule has 0 aliphatic carbocycles. The zero-order chi connectivity index (χ0) is 13.7. The Hall–Kier alpha value is -1.66. The molecule has 0 fully saturated rings. The highest BCUT2D eigenvalue weighted by molar-refractivity contribution is 7.09. The summed E-state index contributed by atoms with van der Waals surface area (Å²) in [5, 5.41) is 9.52. The van der Waals surface area contributed by atoms with Crippen molar-refractivity contribution in [1.82, 2.24) is 15.1 Å². The number of hydrogen-bond donors (Lipinski definition) is 1. The van der Waals surface area contributed by atoms with Gasteiger partial charge in [0.15, 0.2) is 0 Å². The van der Waals surface area contributed by atoms with Gasteiger partial charge in [0.05, 0.1) is 18.4 Å². The molecule has 5 nitrogen and oxygen atoms in total. The van der Waals surface area contributed by atoms with Crippen LogP contribution in [0.4, 0.5) is 5.69 Å². The Labute approximate surface area is 116 Å². The Morgan fingerprint density at radius 2 is 2.32 bits per heavy atom. The first kappa shape index (κ1) is 13.8. The van der Waals surface area contributed by atoms with Crippen molar-refractivity contribution in [3.05, 3.63) is 45.0 Å². The van der Waals surface area contributed by atoms with E-state index in [1.807, 2.05) is 25.1 Å². The fourth-order valence-electron chi connectivity index (χ4n) is 1.65. The maximum Gasteiger partial charge on any atom is 0.268 e. The molecule has 0 aliphatic heterocycles. The van der Waals surface area contributed by atoms with Crippen LogP contribution in [-0.4, -0.2) is 30.4 Å². The molecule has 0 amide bonds. The van der Waals surface area contributed by atoms with E-state index in [9.17, 15) is 4.79 Å². The van der Waals surface area contributed by atoms with Crippen molar-refractivity contribution in [3.63, 3.8) is 0 Å². The highest BCUT2D eigenvalue weighted by Gasteiger charge is 2.01. The quantitative estimate of drug-likeness (QED) is 0.806. The molecular formula is C13H18N4OS. The van der Waals surface area contributed by atoms with E-state index in [-0.39, 0.29) is 5.56 Å². The zero-order valence-electron chi connectivity index (χ0n) is 11.2. The number of thiophene rings is 1. The van der Waals surface area contributed by atoms with Gasteiger partial charge in [-0.1, -0.05) is 6.07 Å². The maximum atomic E-state index is 11.8. The summed E-state index contributed by atoms with van der Waals surface area (Å²) >= 11 is 1.73. The Kier molecular flexibility index (Phi) is 4.70. The van der Waals surface area contributed by atoms with Crippen molar-refractivity contribution in [1.29, 1.82) is 0 Å². The monoisotopic (exact) mass is 278 g/mol. The lowest BCUT2D eigenvalue weighted by molar-refractivity contribution is 0.533. The molecule has 1 N–H and O–H groups in total. The lowest BCUT2D eigenvalue weighted by Crippen LogP contribution is -2.29. The van der Waals surface area contributed by atoms with E-state index < -0.39 is 0 Å². The van der Waals surface area contributed by atoms with Gasteiger partial charge in [-0.15, -0.1) is 11.3 Å². The molecule has 2 aromatic rings. The van der Waals surface area contributed by atoms with Gasteiger partial charge in [-0.2, -0.15) is 5.10 Å². The molecule has 0 atom stereocenters. The van der Waals surface area contributed by atoms with Gasteiger partial charge in [0, 0.05) is 38.1 Å². The van der Waals surface area contributed by atoms with Crippen molar-refractivity contribution in [3.8, 4) is 0 Å². The standard InChI is InChI=1S/C13H18N4OS/c1-16(2)11-8-13(18)17(15-9-11)6-5-14-10-12-4-3-7-19-12/h3-4,7-9,14H,5-6,10H2,1-2H3. The molecule has 19 heavy (non-hydrogen) atoms. The first-order valence-corrected chi connectivity index (χ1v) is 7.02. The van der Waals surface area contributed by atoms with Crippen LogP contribution in [0.5, 0.6) is 0 Å². The highest BCUT2D eigenvalue weighted by Crippen LogP contribution is 2.07. The number of anilines is 1. The summed E-state index contributed by atoms with van der Waals surface area (Å²) < 4.78 is 1.48. The minimum atomic E-state index is -0.0656. The van der Waals surface area contributed by atoms with Gasteiger partial charge in [-0.3, -0.25) is 4.79 Å². The third-order valence-corrected chi connectivity index (χ3v) is 3.63. The van der Waals surface area contributed by atoms with E-state index in [4.69, 9.17) is 0 Å². The fraction of sp³-hybridized carbons (Fsp3) is 0.385. The number of rotatable bonds is 6. The van der Waals surface area contributed by atoms with Crippen LogP contribution in [-0.2, 0) is 13.1 Å². The molecule has 0 aliphatic rings. The number of aromatic nitrogens is 2. The SMILES string of the molecule is CN(C)c1cnn(CCNCc2cccs2)c(=O)c1. The lowest BCUT2D eigenvalue weighted by atomic mass is 10.4. The maximum absolute atomic E-state index is 11.8. The van der Waals surface area contributed by atoms with Gasteiger partial charge >= 0.3 is 0 Å². The number of nitrogens with one attached hydrogen (secondary N) is 1. The van der Waals surface area contributed by atoms with Crippen LogP contribution in [0.1, 0.15) is 4.88 Å². The summed E-state index contributed by atoms with van der Waals surface area (Å²) in [6.07, 6.45) is 1.71. The van der Waals surface area contributed by atoms with E-state index >= 15 is 0 Å². The third-order valence-electron chi connectivity index (χ3n) is 2.75. The second kappa shape index (κ2) is 6.49. The topological polar surface area (TPSA) is 50.2 Å². The number of nitrogens with zero attached hydrogens (tertiary/aromatic N) is 3. The molecule has 0 spiro atoms. The third kappa shape index (κ3) is 3.90. The normalized spacial score (nSPS) is 10.6. The summed E-state index contributed by atoms with van der Waals surface area (Å²) in [5.41, 5.74) is 0.761. The van der Waals surface area contributed by atoms with E-state index in [1.54, 1.807) is 23.6 Å². The summed E-state index contributed by atoms with van der Waals surface area (Å²) in [4.78, 5) is 15.0. The highest BCUT2D eigenvalue weighted by atomic mass is 32.1. The predicted octanol–water partition coefficient (Wildman–Crippen LogP) is 1.16. The van der Waals surface area contributed by atoms with Crippen LogP contribution in [0.25, 0.3) is 0 Å². The second-order valence-corrected chi connectivity index (χ2v) is 5.46. The number of hydrogen-bond acceptors (Lipinski definition) is 5. The Morgan fingerprint density at radius 1 is 1.47 bits per heavy atom. The Morgan fingerprint density at radius 3 is 2.95 bits per heavy atom. The summed E-state index contributed by atoms with van der Waals surface area (Å²) in [6, 6.07) is 5.73. The van der Waals surface area contributed by atoms with Gasteiger partial charge in [0.25, 0.3) is 5.56 Å². The van der Waals surface area contributed by atoms with Crippen molar-refractivity contribution in [2.45, 2.75) is 13.1 Å². The van der Waals surface area contributed by atoms with E-state index in [1.165, 1.54) is 9.56 Å². The molecule has 2 aromatic heterocycles. The smallest absolute Gasteiger partial charge is 0.268 e. The lowest BCUT2D eigenvalue weighted by Gasteiger charge is -2.12. The molecule has 2 heterocycles. The van der Waals surface area contributed by atoms with Crippen LogP contribution in [0.3, 0.4) is 0 Å². The van der Waals surface area contributed by atoms with Crippen LogP contribution in [0.2, 0.25) is 0 Å². The van der Waals surface area contributed by atoms with Gasteiger partial charge in [-0.25, -0.2) is 4.68 Å². The average Bonchev–Trinajstić information content (AvgIpc) is 2.89. The molecular weight excluding hydrogens is 260 g/mol. The van der Waals surface area contributed by atoms with Crippen LogP contribution in [0, 0.1) is 0 Å². The molecule has 0 saturated carbocycles. The van der Waals surface area contributed by atoms with Crippen molar-refractivity contribution < 1.29 is 0 Å². The Balaban J connectivity index is 1.84. The van der Waals surface area contributed by atoms with Crippen molar-refractivity contribution >= 4 is 17.0 Å². The van der Waals surface area contributed by atoms with Crippen LogP contribution in [0.15, 0.2) is 34.6 Å². The van der Waals surface area contributed by atoms with Crippen LogP contribution < -0.4 is 15.8 Å². The summed E-state index contributed by atoms with van der Waals surface area (Å²) in [5.74, 6) is 0.